The highest BCUT2D eigenvalue weighted by molar-refractivity contribution is 6.30. The quantitative estimate of drug-likeness (QED) is 0.742. The smallest absolute Gasteiger partial charge is 0.256 e. The van der Waals surface area contributed by atoms with Crippen molar-refractivity contribution in [2.45, 2.75) is 0 Å². The summed E-state index contributed by atoms with van der Waals surface area (Å²) in [6.07, 6.45) is 0. The SMILES string of the molecule is COCCNCC(=O)N1CCN(C(=O)c2ccc(Cl)cc2F)CC1.Cl. The Morgan fingerprint density at radius 1 is 1.24 bits per heavy atom. The molecule has 140 valence electrons. The monoisotopic (exact) mass is 393 g/mol. The fraction of sp³-hybridized carbons (Fsp3) is 0.500. The maximum absolute atomic E-state index is 13.8. The number of rotatable bonds is 6. The molecule has 25 heavy (non-hydrogen) atoms. The predicted molar refractivity (Wildman–Crippen MR) is 95.9 cm³/mol. The van der Waals surface area contributed by atoms with Crippen molar-refractivity contribution in [1.82, 2.24) is 15.1 Å². The molecule has 0 aromatic heterocycles. The van der Waals surface area contributed by atoms with Gasteiger partial charge in [0, 0.05) is 44.9 Å². The Kier molecular flexibility index (Phi) is 9.13. The van der Waals surface area contributed by atoms with Crippen LogP contribution in [-0.4, -0.2) is 74.6 Å². The molecule has 1 saturated heterocycles. The predicted octanol–water partition coefficient (Wildman–Crippen LogP) is 1.42. The first-order valence-corrected chi connectivity index (χ1v) is 8.12. The molecule has 1 heterocycles. The second kappa shape index (κ2) is 10.6. The molecule has 1 aliphatic heterocycles. The van der Waals surface area contributed by atoms with Gasteiger partial charge in [0.05, 0.1) is 18.7 Å². The summed E-state index contributed by atoms with van der Waals surface area (Å²) in [7, 11) is 1.60. The van der Waals surface area contributed by atoms with E-state index in [0.29, 0.717) is 39.3 Å². The minimum Gasteiger partial charge on any atom is -0.383 e. The number of nitrogens with zero attached hydrogens (tertiary/aromatic N) is 2. The van der Waals surface area contributed by atoms with Crippen molar-refractivity contribution in [3.8, 4) is 0 Å². The highest BCUT2D eigenvalue weighted by Crippen LogP contribution is 2.17. The molecule has 9 heteroatoms. The van der Waals surface area contributed by atoms with E-state index in [2.05, 4.69) is 5.32 Å². The second-order valence-electron chi connectivity index (χ2n) is 5.47. The lowest BCUT2D eigenvalue weighted by molar-refractivity contribution is -0.131. The summed E-state index contributed by atoms with van der Waals surface area (Å²) < 4.78 is 18.7. The van der Waals surface area contributed by atoms with Crippen LogP contribution in [0.4, 0.5) is 4.39 Å². The van der Waals surface area contributed by atoms with Crippen LogP contribution in [0.25, 0.3) is 0 Å². The Morgan fingerprint density at radius 2 is 1.88 bits per heavy atom. The van der Waals surface area contributed by atoms with Crippen molar-refractivity contribution in [3.63, 3.8) is 0 Å². The van der Waals surface area contributed by atoms with Crippen LogP contribution in [0.1, 0.15) is 10.4 Å². The number of benzene rings is 1. The first-order valence-electron chi connectivity index (χ1n) is 7.74. The lowest BCUT2D eigenvalue weighted by Gasteiger charge is -2.35. The zero-order chi connectivity index (χ0) is 17.5. The molecule has 0 aliphatic carbocycles. The molecule has 2 rings (SSSR count). The average molecular weight is 394 g/mol. The molecule has 0 radical (unpaired) electrons. The molecule has 0 bridgehead atoms. The van der Waals surface area contributed by atoms with Crippen LogP contribution < -0.4 is 5.32 Å². The Morgan fingerprint density at radius 3 is 2.48 bits per heavy atom. The zero-order valence-electron chi connectivity index (χ0n) is 14.0. The molecule has 1 N–H and O–H groups in total. The highest BCUT2D eigenvalue weighted by atomic mass is 35.5. The number of hydrogen-bond acceptors (Lipinski definition) is 4. The summed E-state index contributed by atoms with van der Waals surface area (Å²) in [5.74, 6) is -1.03. The number of halogens is 3. The third-order valence-electron chi connectivity index (χ3n) is 3.84. The number of carbonyl (C=O) groups is 2. The fourth-order valence-corrected chi connectivity index (χ4v) is 2.63. The van der Waals surface area contributed by atoms with E-state index >= 15 is 0 Å². The first-order chi connectivity index (χ1) is 11.5. The average Bonchev–Trinajstić information content (AvgIpc) is 2.58. The topological polar surface area (TPSA) is 61.9 Å². The van der Waals surface area contributed by atoms with Gasteiger partial charge in [-0.2, -0.15) is 0 Å². The van der Waals surface area contributed by atoms with E-state index in [0.717, 1.165) is 6.07 Å². The van der Waals surface area contributed by atoms with Crippen molar-refractivity contribution in [1.29, 1.82) is 0 Å². The van der Waals surface area contributed by atoms with Gasteiger partial charge in [0.1, 0.15) is 5.82 Å². The molecule has 1 aromatic rings. The van der Waals surface area contributed by atoms with E-state index in [9.17, 15) is 14.0 Å². The molecule has 0 unspecified atom stereocenters. The van der Waals surface area contributed by atoms with Crippen LogP contribution in [0.2, 0.25) is 5.02 Å². The van der Waals surface area contributed by atoms with E-state index < -0.39 is 5.82 Å². The summed E-state index contributed by atoms with van der Waals surface area (Å²) in [6, 6.07) is 4.00. The maximum Gasteiger partial charge on any atom is 0.256 e. The number of carbonyl (C=O) groups excluding carboxylic acids is 2. The van der Waals surface area contributed by atoms with Crippen molar-refractivity contribution < 1.29 is 18.7 Å². The molecule has 1 aliphatic rings. The van der Waals surface area contributed by atoms with Crippen molar-refractivity contribution in [2.24, 2.45) is 0 Å². The summed E-state index contributed by atoms with van der Waals surface area (Å²) >= 11 is 5.70. The lowest BCUT2D eigenvalue weighted by atomic mass is 10.1. The summed E-state index contributed by atoms with van der Waals surface area (Å²) in [5, 5.41) is 3.25. The molecule has 6 nitrogen and oxygen atoms in total. The number of hydrogen-bond donors (Lipinski definition) is 1. The van der Waals surface area contributed by atoms with Crippen LogP contribution in [-0.2, 0) is 9.53 Å². The molecule has 2 amide bonds. The highest BCUT2D eigenvalue weighted by Gasteiger charge is 2.26. The molecule has 0 spiro atoms. The van der Waals surface area contributed by atoms with Crippen molar-refractivity contribution in [2.75, 3.05) is 53.0 Å². The van der Waals surface area contributed by atoms with Crippen LogP contribution in [0, 0.1) is 5.82 Å². The second-order valence-corrected chi connectivity index (χ2v) is 5.90. The minimum atomic E-state index is -0.631. The van der Waals surface area contributed by atoms with Gasteiger partial charge >= 0.3 is 0 Å². The molecular formula is C16H22Cl2FN3O3. The van der Waals surface area contributed by atoms with Gasteiger partial charge in [-0.25, -0.2) is 4.39 Å². The largest absolute Gasteiger partial charge is 0.383 e. The third kappa shape index (κ3) is 6.11. The molecule has 1 fully saturated rings. The Bertz CT molecular complexity index is 596. The number of ether oxygens (including phenoxy) is 1. The van der Waals surface area contributed by atoms with E-state index in [1.54, 1.807) is 16.9 Å². The number of methoxy groups -OCH3 is 1. The Labute approximate surface area is 157 Å². The van der Waals surface area contributed by atoms with Crippen LogP contribution in [0.5, 0.6) is 0 Å². The number of nitrogens with one attached hydrogen (secondary N) is 1. The lowest BCUT2D eigenvalue weighted by Crippen LogP contribution is -2.52. The molecular weight excluding hydrogens is 372 g/mol. The maximum atomic E-state index is 13.8. The summed E-state index contributed by atoms with van der Waals surface area (Å²) in [6.45, 7) is 3.02. The standard InChI is InChI=1S/C16H21ClFN3O3.ClH/c1-24-9-4-19-11-15(22)20-5-7-21(8-6-20)16(23)13-3-2-12(17)10-14(13)18;/h2-3,10,19H,4-9,11H2,1H3;1H. The molecule has 0 atom stereocenters. The molecule has 0 saturated carbocycles. The first kappa shape index (κ1) is 21.6. The van der Waals surface area contributed by atoms with Gasteiger partial charge in [0.15, 0.2) is 0 Å². The minimum absolute atomic E-state index is 0. The van der Waals surface area contributed by atoms with E-state index in [4.69, 9.17) is 16.3 Å². The number of piperazine rings is 1. The van der Waals surface area contributed by atoms with Crippen molar-refractivity contribution >= 4 is 35.8 Å². The molecule has 1 aromatic carbocycles. The van der Waals surface area contributed by atoms with Gasteiger partial charge in [-0.1, -0.05) is 11.6 Å². The van der Waals surface area contributed by atoms with Crippen LogP contribution in [0.3, 0.4) is 0 Å². The number of amides is 2. The van der Waals surface area contributed by atoms with Crippen LogP contribution in [0.15, 0.2) is 18.2 Å². The third-order valence-corrected chi connectivity index (χ3v) is 4.08. The van der Waals surface area contributed by atoms with Crippen molar-refractivity contribution in [3.05, 3.63) is 34.6 Å². The zero-order valence-corrected chi connectivity index (χ0v) is 15.5. The Balaban J connectivity index is 0.00000312. The Hall–Kier alpha value is -1.41. The van der Waals surface area contributed by atoms with E-state index in [1.807, 2.05) is 0 Å². The van der Waals surface area contributed by atoms with Gasteiger partial charge in [-0.05, 0) is 18.2 Å². The van der Waals surface area contributed by atoms with E-state index in [1.165, 1.54) is 12.1 Å². The van der Waals surface area contributed by atoms with Gasteiger partial charge in [0.25, 0.3) is 5.91 Å². The van der Waals surface area contributed by atoms with Gasteiger partial charge in [0.2, 0.25) is 5.91 Å². The summed E-state index contributed by atoms with van der Waals surface area (Å²) in [4.78, 5) is 27.7. The van der Waals surface area contributed by atoms with E-state index in [-0.39, 0.29) is 41.4 Å². The normalized spacial score (nSPS) is 14.2. The fourth-order valence-electron chi connectivity index (χ4n) is 2.47. The van der Waals surface area contributed by atoms with Gasteiger partial charge in [-0.15, -0.1) is 12.4 Å². The van der Waals surface area contributed by atoms with Crippen LogP contribution >= 0.6 is 24.0 Å². The van der Waals surface area contributed by atoms with Gasteiger partial charge < -0.3 is 19.9 Å². The summed E-state index contributed by atoms with van der Waals surface area (Å²) in [5.41, 5.74) is 0.000379. The van der Waals surface area contributed by atoms with Gasteiger partial charge in [-0.3, -0.25) is 9.59 Å².